The third kappa shape index (κ3) is 3.44. The molecule has 1 amide bonds. The van der Waals surface area contributed by atoms with E-state index in [9.17, 15) is 4.79 Å². The van der Waals surface area contributed by atoms with Gasteiger partial charge in [-0.2, -0.15) is 0 Å². The van der Waals surface area contributed by atoms with Crippen molar-refractivity contribution in [2.24, 2.45) is 4.99 Å². The summed E-state index contributed by atoms with van der Waals surface area (Å²) in [4.78, 5) is 25.6. The second-order valence-corrected chi connectivity index (χ2v) is 7.20. The molecular formula is C18H10Cl2N4OS. The summed E-state index contributed by atoms with van der Waals surface area (Å²) in [6, 6.07) is 10.8. The Labute approximate surface area is 163 Å². The van der Waals surface area contributed by atoms with Crippen LogP contribution in [0.3, 0.4) is 0 Å². The Bertz CT molecular complexity index is 1080. The summed E-state index contributed by atoms with van der Waals surface area (Å²) < 4.78 is 0. The van der Waals surface area contributed by atoms with Crippen molar-refractivity contribution in [1.82, 2.24) is 15.3 Å². The fourth-order valence-corrected chi connectivity index (χ4v) is 3.71. The molecule has 0 bridgehead atoms. The Kier molecular flexibility index (Phi) is 4.63. The van der Waals surface area contributed by atoms with Crippen molar-refractivity contribution in [3.63, 3.8) is 0 Å². The van der Waals surface area contributed by atoms with Crippen LogP contribution in [0.2, 0.25) is 10.0 Å². The number of fused-ring (bicyclic) bond motifs is 1. The van der Waals surface area contributed by atoms with E-state index in [-0.39, 0.29) is 5.91 Å². The first-order chi connectivity index (χ1) is 12.6. The molecule has 3 aromatic rings. The standard InChI is InChI=1S/C18H10Cl2N4OS/c19-11-2-1-3-12(20)16(11)23-18-24-17(25)15(26-18)9-10-4-5-13-14(8-10)22-7-6-21-13/h1-9H,(H,23,24,25)/b15-9+. The molecular weight excluding hydrogens is 391 g/mol. The number of amidine groups is 1. The number of hydrogen-bond acceptors (Lipinski definition) is 5. The summed E-state index contributed by atoms with van der Waals surface area (Å²) in [6.45, 7) is 0. The van der Waals surface area contributed by atoms with Gasteiger partial charge in [0, 0.05) is 12.4 Å². The van der Waals surface area contributed by atoms with Gasteiger partial charge in [-0.25, -0.2) is 4.99 Å². The maximum atomic E-state index is 12.2. The lowest BCUT2D eigenvalue weighted by atomic mass is 10.2. The van der Waals surface area contributed by atoms with Gasteiger partial charge in [-0.15, -0.1) is 0 Å². The van der Waals surface area contributed by atoms with Crippen molar-refractivity contribution in [1.29, 1.82) is 0 Å². The van der Waals surface area contributed by atoms with E-state index < -0.39 is 0 Å². The smallest absolute Gasteiger partial charge is 0.264 e. The van der Waals surface area contributed by atoms with Crippen LogP contribution in [0.1, 0.15) is 5.56 Å². The molecule has 0 spiro atoms. The lowest BCUT2D eigenvalue weighted by Gasteiger charge is -2.01. The lowest BCUT2D eigenvalue weighted by Crippen LogP contribution is -2.19. The summed E-state index contributed by atoms with van der Waals surface area (Å²) >= 11 is 13.5. The molecule has 1 N–H and O–H groups in total. The number of halogens is 2. The molecule has 8 heteroatoms. The van der Waals surface area contributed by atoms with Crippen molar-refractivity contribution in [3.05, 3.63) is 69.3 Å². The highest BCUT2D eigenvalue weighted by molar-refractivity contribution is 8.18. The number of benzene rings is 2. The van der Waals surface area contributed by atoms with Gasteiger partial charge < -0.3 is 5.32 Å². The maximum Gasteiger partial charge on any atom is 0.264 e. The highest BCUT2D eigenvalue weighted by Crippen LogP contribution is 2.35. The zero-order valence-corrected chi connectivity index (χ0v) is 15.4. The number of amides is 1. The Morgan fingerprint density at radius 1 is 1.04 bits per heavy atom. The minimum Gasteiger partial charge on any atom is -0.300 e. The van der Waals surface area contributed by atoms with Gasteiger partial charge in [-0.05, 0) is 47.7 Å². The largest absolute Gasteiger partial charge is 0.300 e. The Hall–Kier alpha value is -2.41. The number of aromatic nitrogens is 2. The van der Waals surface area contributed by atoms with Crippen LogP contribution in [-0.4, -0.2) is 21.0 Å². The molecule has 1 aliphatic heterocycles. The highest BCUT2D eigenvalue weighted by Gasteiger charge is 2.24. The number of nitrogens with zero attached hydrogens (tertiary/aromatic N) is 3. The molecule has 2 aromatic carbocycles. The Morgan fingerprint density at radius 2 is 1.77 bits per heavy atom. The van der Waals surface area contributed by atoms with Gasteiger partial charge in [0.05, 0.1) is 26.0 Å². The first kappa shape index (κ1) is 17.0. The quantitative estimate of drug-likeness (QED) is 0.625. The average Bonchev–Trinajstić information content (AvgIpc) is 2.97. The predicted octanol–water partition coefficient (Wildman–Crippen LogP) is 4.83. The van der Waals surface area contributed by atoms with Crippen LogP contribution >= 0.6 is 35.0 Å². The van der Waals surface area contributed by atoms with Crippen molar-refractivity contribution in [2.45, 2.75) is 0 Å². The molecule has 1 aliphatic rings. The first-order valence-electron chi connectivity index (χ1n) is 7.54. The SMILES string of the molecule is O=C1NC(=Nc2c(Cl)cccc2Cl)S/C1=C/c1ccc2nccnc2c1. The molecule has 1 fully saturated rings. The summed E-state index contributed by atoms with van der Waals surface area (Å²) in [5.74, 6) is -0.226. The number of thioether (sulfide) groups is 1. The molecule has 2 heterocycles. The molecule has 1 aromatic heterocycles. The van der Waals surface area contributed by atoms with Gasteiger partial charge in [0.2, 0.25) is 0 Å². The molecule has 128 valence electrons. The molecule has 0 saturated carbocycles. The number of rotatable bonds is 2. The van der Waals surface area contributed by atoms with Crippen LogP contribution in [0, 0.1) is 0 Å². The van der Waals surface area contributed by atoms with E-state index in [0.717, 1.165) is 16.6 Å². The monoisotopic (exact) mass is 400 g/mol. The zero-order chi connectivity index (χ0) is 18.1. The molecule has 1 saturated heterocycles. The Balaban J connectivity index is 1.65. The summed E-state index contributed by atoms with van der Waals surface area (Å²) in [6.07, 6.45) is 5.06. The third-order valence-corrected chi connectivity index (χ3v) is 5.11. The molecule has 0 unspecified atom stereocenters. The zero-order valence-electron chi connectivity index (χ0n) is 13.1. The van der Waals surface area contributed by atoms with E-state index in [1.807, 2.05) is 18.2 Å². The van der Waals surface area contributed by atoms with E-state index in [2.05, 4.69) is 20.3 Å². The number of carbonyl (C=O) groups excluding carboxylic acids is 1. The number of nitrogens with one attached hydrogen (secondary N) is 1. The summed E-state index contributed by atoms with van der Waals surface area (Å²) in [5, 5.41) is 4.00. The van der Waals surface area contributed by atoms with Crippen molar-refractivity contribution >= 4 is 68.8 Å². The van der Waals surface area contributed by atoms with E-state index in [0.29, 0.717) is 25.8 Å². The summed E-state index contributed by atoms with van der Waals surface area (Å²) in [7, 11) is 0. The van der Waals surface area contributed by atoms with Crippen LogP contribution in [0.15, 0.2) is 58.7 Å². The number of carbonyl (C=O) groups is 1. The number of aliphatic imine (C=N–C) groups is 1. The molecule has 0 radical (unpaired) electrons. The lowest BCUT2D eigenvalue weighted by molar-refractivity contribution is -0.115. The van der Waals surface area contributed by atoms with E-state index >= 15 is 0 Å². The van der Waals surface area contributed by atoms with Gasteiger partial charge in [0.15, 0.2) is 5.17 Å². The molecule has 0 atom stereocenters. The number of para-hydroxylation sites is 1. The fraction of sp³-hybridized carbons (Fsp3) is 0. The minimum absolute atomic E-state index is 0.226. The van der Waals surface area contributed by atoms with Crippen molar-refractivity contribution < 1.29 is 4.79 Å². The Morgan fingerprint density at radius 3 is 2.54 bits per heavy atom. The van der Waals surface area contributed by atoms with Crippen molar-refractivity contribution in [2.75, 3.05) is 0 Å². The fourth-order valence-electron chi connectivity index (χ4n) is 2.40. The number of hydrogen-bond donors (Lipinski definition) is 1. The van der Waals surface area contributed by atoms with Crippen LogP contribution in [0.25, 0.3) is 17.1 Å². The van der Waals surface area contributed by atoms with Crippen LogP contribution < -0.4 is 5.32 Å². The minimum atomic E-state index is -0.226. The van der Waals surface area contributed by atoms with Gasteiger partial charge >= 0.3 is 0 Å². The van der Waals surface area contributed by atoms with Gasteiger partial charge in [-0.3, -0.25) is 14.8 Å². The maximum absolute atomic E-state index is 12.2. The van der Waals surface area contributed by atoms with Gasteiger partial charge in [0.1, 0.15) is 5.69 Å². The molecule has 4 rings (SSSR count). The molecule has 5 nitrogen and oxygen atoms in total. The molecule has 0 aliphatic carbocycles. The van der Waals surface area contributed by atoms with Gasteiger partial charge in [0.25, 0.3) is 5.91 Å². The molecule has 26 heavy (non-hydrogen) atoms. The van der Waals surface area contributed by atoms with E-state index in [4.69, 9.17) is 23.2 Å². The van der Waals surface area contributed by atoms with Gasteiger partial charge in [-0.1, -0.05) is 35.3 Å². The first-order valence-corrected chi connectivity index (χ1v) is 9.12. The highest BCUT2D eigenvalue weighted by atomic mass is 35.5. The predicted molar refractivity (Wildman–Crippen MR) is 107 cm³/mol. The third-order valence-electron chi connectivity index (χ3n) is 3.59. The van der Waals surface area contributed by atoms with E-state index in [1.165, 1.54) is 11.8 Å². The summed E-state index contributed by atoms with van der Waals surface area (Å²) in [5.41, 5.74) is 2.85. The topological polar surface area (TPSA) is 67.2 Å². The van der Waals surface area contributed by atoms with Crippen LogP contribution in [0.5, 0.6) is 0 Å². The normalized spacial score (nSPS) is 17.2. The average molecular weight is 401 g/mol. The van der Waals surface area contributed by atoms with Crippen LogP contribution in [0.4, 0.5) is 5.69 Å². The second kappa shape index (κ2) is 7.07. The van der Waals surface area contributed by atoms with E-state index in [1.54, 1.807) is 36.7 Å². The second-order valence-electron chi connectivity index (χ2n) is 5.36. The van der Waals surface area contributed by atoms with Crippen molar-refractivity contribution in [3.8, 4) is 0 Å². The van der Waals surface area contributed by atoms with Crippen LogP contribution in [-0.2, 0) is 4.79 Å².